The van der Waals surface area contributed by atoms with Crippen LogP contribution in [0.2, 0.25) is 0 Å². The van der Waals surface area contributed by atoms with Crippen LogP contribution in [0.3, 0.4) is 0 Å². The summed E-state index contributed by atoms with van der Waals surface area (Å²) >= 11 is 0. The Labute approximate surface area is 103 Å². The topological polar surface area (TPSA) is 20.3 Å². The molecular formula is C13H25F2NO. The molecule has 0 aromatic heterocycles. The van der Waals surface area contributed by atoms with E-state index in [0.717, 1.165) is 37.0 Å². The van der Waals surface area contributed by atoms with E-state index >= 15 is 0 Å². The first-order valence-corrected chi connectivity index (χ1v) is 6.44. The first-order chi connectivity index (χ1) is 7.85. The summed E-state index contributed by atoms with van der Waals surface area (Å²) in [6.45, 7) is 4.04. The van der Waals surface area contributed by atoms with Crippen molar-refractivity contribution in [3.8, 4) is 0 Å². The fraction of sp³-hybridized carbons (Fsp3) is 0.923. The van der Waals surface area contributed by atoms with Crippen LogP contribution in [0.4, 0.5) is 8.78 Å². The maximum atomic E-state index is 13.7. The van der Waals surface area contributed by atoms with Crippen molar-refractivity contribution >= 4 is 5.91 Å². The van der Waals surface area contributed by atoms with E-state index < -0.39 is 11.8 Å². The number of unbranched alkanes of at least 4 members (excludes halogenated alkanes) is 1. The Morgan fingerprint density at radius 1 is 1.18 bits per heavy atom. The highest BCUT2D eigenvalue weighted by atomic mass is 19.3. The average molecular weight is 249 g/mol. The van der Waals surface area contributed by atoms with Crippen molar-refractivity contribution in [1.82, 2.24) is 4.90 Å². The predicted octanol–water partition coefficient (Wildman–Crippen LogP) is 3.71. The van der Waals surface area contributed by atoms with Gasteiger partial charge in [-0.3, -0.25) is 4.79 Å². The third-order valence-electron chi connectivity index (χ3n) is 2.93. The number of rotatable bonds is 8. The summed E-state index contributed by atoms with van der Waals surface area (Å²) in [5.41, 5.74) is 0. The van der Waals surface area contributed by atoms with Crippen molar-refractivity contribution in [1.29, 1.82) is 0 Å². The quantitative estimate of drug-likeness (QED) is 0.642. The van der Waals surface area contributed by atoms with Crippen LogP contribution in [0, 0.1) is 5.92 Å². The molecule has 0 aliphatic heterocycles. The Morgan fingerprint density at radius 2 is 1.76 bits per heavy atom. The van der Waals surface area contributed by atoms with Crippen molar-refractivity contribution in [2.75, 3.05) is 14.1 Å². The third kappa shape index (κ3) is 5.99. The Balaban J connectivity index is 4.44. The number of hydrogen-bond acceptors (Lipinski definition) is 1. The lowest BCUT2D eigenvalue weighted by atomic mass is 9.90. The summed E-state index contributed by atoms with van der Waals surface area (Å²) in [5.74, 6) is -4.33. The Hall–Kier alpha value is -0.670. The van der Waals surface area contributed by atoms with Crippen LogP contribution >= 0.6 is 0 Å². The molecule has 0 bridgehead atoms. The van der Waals surface area contributed by atoms with Gasteiger partial charge in [0.25, 0.3) is 5.91 Å². The third-order valence-corrected chi connectivity index (χ3v) is 2.93. The fourth-order valence-electron chi connectivity index (χ4n) is 2.03. The van der Waals surface area contributed by atoms with Crippen LogP contribution in [0.5, 0.6) is 0 Å². The molecule has 0 aromatic rings. The molecule has 1 unspecified atom stereocenters. The van der Waals surface area contributed by atoms with Gasteiger partial charge >= 0.3 is 5.92 Å². The molecule has 0 spiro atoms. The molecule has 0 aliphatic rings. The summed E-state index contributed by atoms with van der Waals surface area (Å²) in [6, 6.07) is 0. The second kappa shape index (κ2) is 7.62. The van der Waals surface area contributed by atoms with Gasteiger partial charge < -0.3 is 4.90 Å². The lowest BCUT2D eigenvalue weighted by Gasteiger charge is -2.24. The van der Waals surface area contributed by atoms with E-state index in [0.29, 0.717) is 0 Å². The minimum absolute atomic E-state index is 0.0427. The molecule has 0 N–H and O–H groups in total. The van der Waals surface area contributed by atoms with Gasteiger partial charge in [-0.15, -0.1) is 0 Å². The van der Waals surface area contributed by atoms with Gasteiger partial charge in [0.2, 0.25) is 0 Å². The van der Waals surface area contributed by atoms with Gasteiger partial charge in [0.15, 0.2) is 0 Å². The SMILES string of the molecule is CCCCC(CCC)CC(F)(F)C(=O)N(C)C. The van der Waals surface area contributed by atoms with Crippen LogP contribution in [-0.4, -0.2) is 30.8 Å². The number of halogens is 2. The lowest BCUT2D eigenvalue weighted by Crippen LogP contribution is -2.40. The van der Waals surface area contributed by atoms with E-state index in [2.05, 4.69) is 0 Å². The number of amides is 1. The number of carbonyl (C=O) groups is 1. The maximum absolute atomic E-state index is 13.7. The minimum atomic E-state index is -3.21. The van der Waals surface area contributed by atoms with Crippen LogP contribution in [-0.2, 0) is 4.79 Å². The Kier molecular flexibility index (Phi) is 7.32. The van der Waals surface area contributed by atoms with Crippen LogP contribution in [0.1, 0.15) is 52.4 Å². The van der Waals surface area contributed by atoms with E-state index in [1.54, 1.807) is 0 Å². The normalized spacial score (nSPS) is 13.5. The van der Waals surface area contributed by atoms with E-state index in [1.807, 2.05) is 13.8 Å². The van der Waals surface area contributed by atoms with Crippen LogP contribution < -0.4 is 0 Å². The Morgan fingerprint density at radius 3 is 2.18 bits per heavy atom. The molecule has 4 heteroatoms. The average Bonchev–Trinajstić information content (AvgIpc) is 2.24. The maximum Gasteiger partial charge on any atom is 0.325 e. The van der Waals surface area contributed by atoms with Gasteiger partial charge in [-0.25, -0.2) is 0 Å². The van der Waals surface area contributed by atoms with Crippen LogP contribution in [0.25, 0.3) is 0 Å². The van der Waals surface area contributed by atoms with Gasteiger partial charge in [0.1, 0.15) is 0 Å². The number of nitrogens with zero attached hydrogens (tertiary/aromatic N) is 1. The zero-order valence-electron chi connectivity index (χ0n) is 11.4. The van der Waals surface area contributed by atoms with Crippen LogP contribution in [0.15, 0.2) is 0 Å². The number of hydrogen-bond donors (Lipinski definition) is 0. The van der Waals surface area contributed by atoms with Gasteiger partial charge in [0.05, 0.1) is 0 Å². The molecule has 0 heterocycles. The molecule has 17 heavy (non-hydrogen) atoms. The Bertz CT molecular complexity index is 229. The largest absolute Gasteiger partial charge is 0.344 e. The second-order valence-electron chi connectivity index (χ2n) is 4.91. The van der Waals surface area contributed by atoms with Crippen molar-refractivity contribution in [2.45, 2.75) is 58.3 Å². The van der Waals surface area contributed by atoms with Gasteiger partial charge in [0, 0.05) is 20.5 Å². The molecule has 102 valence electrons. The molecule has 2 nitrogen and oxygen atoms in total. The monoisotopic (exact) mass is 249 g/mol. The highest BCUT2D eigenvalue weighted by Gasteiger charge is 2.41. The van der Waals surface area contributed by atoms with Gasteiger partial charge in [-0.1, -0.05) is 46.0 Å². The molecule has 1 atom stereocenters. The minimum Gasteiger partial charge on any atom is -0.344 e. The van der Waals surface area contributed by atoms with Gasteiger partial charge in [-0.05, 0) is 5.92 Å². The molecule has 0 fully saturated rings. The van der Waals surface area contributed by atoms with Crippen molar-refractivity contribution in [3.63, 3.8) is 0 Å². The molecular weight excluding hydrogens is 224 g/mol. The molecule has 0 saturated heterocycles. The zero-order valence-corrected chi connectivity index (χ0v) is 11.4. The second-order valence-corrected chi connectivity index (χ2v) is 4.91. The molecule has 0 saturated carbocycles. The zero-order chi connectivity index (χ0) is 13.5. The summed E-state index contributed by atoms with van der Waals surface area (Å²) in [7, 11) is 2.74. The molecule has 0 aromatic carbocycles. The first-order valence-electron chi connectivity index (χ1n) is 6.44. The van der Waals surface area contributed by atoms with Crippen molar-refractivity contribution in [2.24, 2.45) is 5.92 Å². The number of alkyl halides is 2. The summed E-state index contributed by atoms with van der Waals surface area (Å²) < 4.78 is 27.4. The standard InChI is InChI=1S/C13H25F2NO/c1-5-7-9-11(8-6-2)10-13(14,15)12(17)16(3)4/h11H,5-10H2,1-4H3. The summed E-state index contributed by atoms with van der Waals surface area (Å²) in [6.07, 6.45) is 4.11. The highest BCUT2D eigenvalue weighted by Crippen LogP contribution is 2.30. The lowest BCUT2D eigenvalue weighted by molar-refractivity contribution is -0.157. The molecule has 0 aliphatic carbocycles. The molecule has 1 amide bonds. The van der Waals surface area contributed by atoms with Crippen molar-refractivity contribution in [3.05, 3.63) is 0 Å². The highest BCUT2D eigenvalue weighted by molar-refractivity contribution is 5.82. The molecule has 0 rings (SSSR count). The smallest absolute Gasteiger partial charge is 0.325 e. The van der Waals surface area contributed by atoms with E-state index in [-0.39, 0.29) is 12.3 Å². The van der Waals surface area contributed by atoms with E-state index in [4.69, 9.17) is 0 Å². The molecule has 0 radical (unpaired) electrons. The fourth-order valence-corrected chi connectivity index (χ4v) is 2.03. The van der Waals surface area contributed by atoms with Crippen molar-refractivity contribution < 1.29 is 13.6 Å². The summed E-state index contributed by atoms with van der Waals surface area (Å²) in [5, 5.41) is 0. The van der Waals surface area contributed by atoms with E-state index in [1.165, 1.54) is 14.1 Å². The van der Waals surface area contributed by atoms with E-state index in [9.17, 15) is 13.6 Å². The van der Waals surface area contributed by atoms with Gasteiger partial charge in [-0.2, -0.15) is 8.78 Å². The predicted molar refractivity (Wildman–Crippen MR) is 66.2 cm³/mol. The summed E-state index contributed by atoms with van der Waals surface area (Å²) in [4.78, 5) is 12.3. The first kappa shape index (κ1) is 16.3. The number of carbonyl (C=O) groups excluding carboxylic acids is 1.